The van der Waals surface area contributed by atoms with E-state index in [-0.39, 0.29) is 5.56 Å². The molecule has 0 spiro atoms. The van der Waals surface area contributed by atoms with E-state index in [0.29, 0.717) is 24.0 Å². The van der Waals surface area contributed by atoms with Crippen LogP contribution in [0.1, 0.15) is 59.2 Å². The van der Waals surface area contributed by atoms with E-state index in [0.717, 1.165) is 37.5 Å². The summed E-state index contributed by atoms with van der Waals surface area (Å²) in [6, 6.07) is 11.8. The van der Waals surface area contributed by atoms with Crippen LogP contribution >= 0.6 is 0 Å². The number of carbonyl (C=O) groups is 2. The molecule has 0 aliphatic heterocycles. The molecular formula is C23H22F3N3O2. The molecule has 3 rings (SSSR count). The van der Waals surface area contributed by atoms with Gasteiger partial charge in [0.2, 0.25) is 5.91 Å². The van der Waals surface area contributed by atoms with Crippen LogP contribution in [0.2, 0.25) is 0 Å². The summed E-state index contributed by atoms with van der Waals surface area (Å²) in [5.74, 6) is -1.58. The number of halogens is 3. The fourth-order valence-electron chi connectivity index (χ4n) is 4.36. The van der Waals surface area contributed by atoms with Crippen LogP contribution in [0.5, 0.6) is 0 Å². The Kier molecular flexibility index (Phi) is 6.34. The largest absolute Gasteiger partial charge is 0.416 e. The summed E-state index contributed by atoms with van der Waals surface area (Å²) >= 11 is 0. The second kappa shape index (κ2) is 8.80. The Morgan fingerprint density at radius 2 is 1.74 bits per heavy atom. The molecule has 0 saturated heterocycles. The van der Waals surface area contributed by atoms with Gasteiger partial charge in [0.1, 0.15) is 6.04 Å². The molecule has 2 aromatic rings. The zero-order chi connectivity index (χ0) is 22.6. The van der Waals surface area contributed by atoms with Crippen LogP contribution in [0.3, 0.4) is 0 Å². The lowest BCUT2D eigenvalue weighted by atomic mass is 9.64. The standard InChI is InChI=1S/C23H22F3N3O2/c24-23(25,26)18-9-5-7-16(13-18)21(31)29-19(20(28)30)22(10-2-1-3-11-22)17-8-4-6-15(12-17)14-27/h4-9,12-13,19H,1-3,10-11H2,(H2,28,30)(H,29,31). The molecule has 3 N–H and O–H groups in total. The van der Waals surface area contributed by atoms with Crippen molar-refractivity contribution in [1.29, 1.82) is 5.26 Å². The molecule has 1 aliphatic carbocycles. The minimum absolute atomic E-state index is 0.210. The van der Waals surface area contributed by atoms with Gasteiger partial charge < -0.3 is 11.1 Å². The van der Waals surface area contributed by atoms with Crippen molar-refractivity contribution in [1.82, 2.24) is 5.32 Å². The quantitative estimate of drug-likeness (QED) is 0.750. The number of nitrogens with two attached hydrogens (primary N) is 1. The van der Waals surface area contributed by atoms with Gasteiger partial charge in [0, 0.05) is 11.0 Å². The van der Waals surface area contributed by atoms with Crippen molar-refractivity contribution < 1.29 is 22.8 Å². The number of nitriles is 1. The first-order valence-electron chi connectivity index (χ1n) is 9.95. The van der Waals surface area contributed by atoms with Gasteiger partial charge in [-0.05, 0) is 48.7 Å². The van der Waals surface area contributed by atoms with Crippen LogP contribution < -0.4 is 11.1 Å². The Hall–Kier alpha value is -3.34. The maximum Gasteiger partial charge on any atom is 0.416 e. The summed E-state index contributed by atoms with van der Waals surface area (Å²) in [7, 11) is 0. The topological polar surface area (TPSA) is 96.0 Å². The first kappa shape index (κ1) is 22.3. The van der Waals surface area contributed by atoms with Crippen LogP contribution in [0.25, 0.3) is 0 Å². The van der Waals surface area contributed by atoms with Gasteiger partial charge in [-0.3, -0.25) is 9.59 Å². The minimum atomic E-state index is -4.60. The highest BCUT2D eigenvalue weighted by atomic mass is 19.4. The highest BCUT2D eigenvalue weighted by Crippen LogP contribution is 2.42. The summed E-state index contributed by atoms with van der Waals surface area (Å²) in [6.45, 7) is 0. The van der Waals surface area contributed by atoms with E-state index in [1.165, 1.54) is 6.07 Å². The van der Waals surface area contributed by atoms with E-state index in [1.54, 1.807) is 24.3 Å². The molecular weight excluding hydrogens is 407 g/mol. The van der Waals surface area contributed by atoms with Crippen LogP contribution in [0.4, 0.5) is 13.2 Å². The average Bonchev–Trinajstić information content (AvgIpc) is 2.77. The van der Waals surface area contributed by atoms with Gasteiger partial charge in [-0.1, -0.05) is 37.5 Å². The van der Waals surface area contributed by atoms with Crippen molar-refractivity contribution in [2.75, 3.05) is 0 Å². The fourth-order valence-corrected chi connectivity index (χ4v) is 4.36. The number of amides is 2. The molecule has 1 aliphatic rings. The molecule has 1 saturated carbocycles. The second-order valence-corrected chi connectivity index (χ2v) is 7.80. The lowest BCUT2D eigenvalue weighted by Gasteiger charge is -2.43. The number of hydrogen-bond acceptors (Lipinski definition) is 3. The van der Waals surface area contributed by atoms with E-state index in [4.69, 9.17) is 5.73 Å². The van der Waals surface area contributed by atoms with Gasteiger partial charge in [0.15, 0.2) is 0 Å². The maximum atomic E-state index is 13.0. The maximum absolute atomic E-state index is 13.0. The molecule has 0 radical (unpaired) electrons. The summed E-state index contributed by atoms with van der Waals surface area (Å²) < 4.78 is 39.1. The lowest BCUT2D eigenvalue weighted by molar-refractivity contribution is -0.137. The number of hydrogen-bond donors (Lipinski definition) is 2. The van der Waals surface area contributed by atoms with Gasteiger partial charge in [-0.25, -0.2) is 0 Å². The lowest BCUT2D eigenvalue weighted by Crippen LogP contribution is -2.58. The Bertz CT molecular complexity index is 1020. The zero-order valence-electron chi connectivity index (χ0n) is 16.7. The Labute approximate surface area is 178 Å². The zero-order valence-corrected chi connectivity index (χ0v) is 16.7. The van der Waals surface area contributed by atoms with Crippen LogP contribution in [0.15, 0.2) is 48.5 Å². The third-order valence-electron chi connectivity index (χ3n) is 5.88. The van der Waals surface area contributed by atoms with Crippen molar-refractivity contribution in [3.8, 4) is 6.07 Å². The van der Waals surface area contributed by atoms with E-state index >= 15 is 0 Å². The Morgan fingerprint density at radius 1 is 1.06 bits per heavy atom. The van der Waals surface area contributed by atoms with Crippen molar-refractivity contribution >= 4 is 11.8 Å². The van der Waals surface area contributed by atoms with E-state index in [1.807, 2.05) is 0 Å². The molecule has 31 heavy (non-hydrogen) atoms. The predicted molar refractivity (Wildman–Crippen MR) is 108 cm³/mol. The van der Waals surface area contributed by atoms with E-state index in [9.17, 15) is 28.0 Å². The summed E-state index contributed by atoms with van der Waals surface area (Å²) in [5, 5.41) is 11.9. The fraction of sp³-hybridized carbons (Fsp3) is 0.348. The highest BCUT2D eigenvalue weighted by Gasteiger charge is 2.45. The predicted octanol–water partition coefficient (Wildman–Crippen LogP) is 4.06. The number of rotatable bonds is 5. The van der Waals surface area contributed by atoms with Gasteiger partial charge in [0.25, 0.3) is 5.91 Å². The SMILES string of the molecule is N#Cc1cccc(C2(C(NC(=O)c3cccc(C(F)(F)F)c3)C(N)=O)CCCCC2)c1. The first-order chi connectivity index (χ1) is 14.7. The number of carbonyl (C=O) groups excluding carboxylic acids is 2. The molecule has 2 aromatic carbocycles. The van der Waals surface area contributed by atoms with Crippen molar-refractivity contribution in [3.05, 3.63) is 70.8 Å². The summed E-state index contributed by atoms with van der Waals surface area (Å²) in [6.07, 6.45) is -0.953. The van der Waals surface area contributed by atoms with Gasteiger partial charge >= 0.3 is 6.18 Å². The molecule has 8 heteroatoms. The third kappa shape index (κ3) is 4.71. The molecule has 1 atom stereocenters. The van der Waals surface area contributed by atoms with Gasteiger partial charge in [-0.2, -0.15) is 18.4 Å². The molecule has 5 nitrogen and oxygen atoms in total. The molecule has 0 bridgehead atoms. The van der Waals surface area contributed by atoms with Crippen LogP contribution in [-0.2, 0) is 16.4 Å². The van der Waals surface area contributed by atoms with Gasteiger partial charge in [0.05, 0.1) is 17.2 Å². The highest BCUT2D eigenvalue weighted by molar-refractivity contribution is 5.98. The molecule has 2 amide bonds. The normalized spacial score (nSPS) is 16.7. The summed E-state index contributed by atoms with van der Waals surface area (Å²) in [5.41, 5.74) is 4.80. The van der Waals surface area contributed by atoms with E-state index in [2.05, 4.69) is 11.4 Å². The first-order valence-corrected chi connectivity index (χ1v) is 9.95. The monoisotopic (exact) mass is 429 g/mol. The minimum Gasteiger partial charge on any atom is -0.368 e. The Balaban J connectivity index is 2.00. The van der Waals surface area contributed by atoms with Crippen LogP contribution in [-0.4, -0.2) is 17.9 Å². The number of primary amides is 1. The number of nitrogens with zero attached hydrogens (tertiary/aromatic N) is 1. The van der Waals surface area contributed by atoms with Crippen molar-refractivity contribution in [3.63, 3.8) is 0 Å². The average molecular weight is 429 g/mol. The number of benzene rings is 2. The van der Waals surface area contributed by atoms with Crippen molar-refractivity contribution in [2.45, 2.75) is 49.7 Å². The molecule has 1 unspecified atom stereocenters. The molecule has 1 fully saturated rings. The van der Waals surface area contributed by atoms with Gasteiger partial charge in [-0.15, -0.1) is 0 Å². The number of alkyl halides is 3. The van der Waals surface area contributed by atoms with E-state index < -0.39 is 35.0 Å². The number of nitrogens with one attached hydrogen (secondary N) is 1. The smallest absolute Gasteiger partial charge is 0.368 e. The Morgan fingerprint density at radius 3 is 2.35 bits per heavy atom. The third-order valence-corrected chi connectivity index (χ3v) is 5.88. The molecule has 162 valence electrons. The molecule has 0 aromatic heterocycles. The van der Waals surface area contributed by atoms with Crippen molar-refractivity contribution in [2.24, 2.45) is 5.73 Å². The van der Waals surface area contributed by atoms with Crippen LogP contribution in [0, 0.1) is 11.3 Å². The second-order valence-electron chi connectivity index (χ2n) is 7.80. The summed E-state index contributed by atoms with van der Waals surface area (Å²) in [4.78, 5) is 25.3. The molecule has 0 heterocycles.